The number of ether oxygens (including phenoxy) is 1. The van der Waals surface area contributed by atoms with Crippen LogP contribution in [0.5, 0.6) is 6.01 Å². The van der Waals surface area contributed by atoms with Gasteiger partial charge in [-0.1, -0.05) is 41.5 Å². The van der Waals surface area contributed by atoms with Crippen molar-refractivity contribution in [1.29, 1.82) is 0 Å². The van der Waals surface area contributed by atoms with Crippen LogP contribution in [0.1, 0.15) is 18.5 Å². The van der Waals surface area contributed by atoms with E-state index in [2.05, 4.69) is 15.5 Å². The maximum absolute atomic E-state index is 12.0. The van der Waals surface area contributed by atoms with Crippen molar-refractivity contribution >= 4 is 11.6 Å². The molecule has 0 aliphatic carbocycles. The van der Waals surface area contributed by atoms with E-state index in [1.807, 2.05) is 55.5 Å². The number of benzene rings is 1. The number of fused-ring (bicyclic) bond motifs is 1. The van der Waals surface area contributed by atoms with Gasteiger partial charge in [0, 0.05) is 6.20 Å². The number of carbonyl (C=O) groups is 1. The molecule has 0 unspecified atom stereocenters. The molecular formula is C16H16N4O2. The lowest BCUT2D eigenvalue weighted by molar-refractivity contribution is -0.123. The minimum Gasteiger partial charge on any atom is -0.453 e. The van der Waals surface area contributed by atoms with Gasteiger partial charge in [0.2, 0.25) is 0 Å². The van der Waals surface area contributed by atoms with E-state index >= 15 is 0 Å². The average molecular weight is 296 g/mol. The third-order valence-electron chi connectivity index (χ3n) is 3.29. The molecule has 0 fully saturated rings. The molecule has 0 aliphatic heterocycles. The summed E-state index contributed by atoms with van der Waals surface area (Å²) in [5.41, 5.74) is 1.72. The molecule has 1 N–H and O–H groups in total. The van der Waals surface area contributed by atoms with Gasteiger partial charge in [0.25, 0.3) is 5.91 Å². The van der Waals surface area contributed by atoms with Crippen LogP contribution in [-0.4, -0.2) is 27.1 Å². The van der Waals surface area contributed by atoms with Crippen molar-refractivity contribution in [2.75, 3.05) is 6.61 Å². The molecule has 0 saturated carbocycles. The summed E-state index contributed by atoms with van der Waals surface area (Å²) in [6.07, 6.45) is 1.79. The predicted molar refractivity (Wildman–Crippen MR) is 81.5 cm³/mol. The third-order valence-corrected chi connectivity index (χ3v) is 3.29. The summed E-state index contributed by atoms with van der Waals surface area (Å²) in [6.45, 7) is 1.83. The number of hydrogen-bond donors (Lipinski definition) is 1. The van der Waals surface area contributed by atoms with E-state index in [0.717, 1.165) is 5.56 Å². The Bertz CT molecular complexity index is 770. The summed E-state index contributed by atoms with van der Waals surface area (Å²) in [6, 6.07) is 15.5. The first-order chi connectivity index (χ1) is 10.7. The zero-order valence-corrected chi connectivity index (χ0v) is 12.1. The van der Waals surface area contributed by atoms with Gasteiger partial charge in [0.1, 0.15) is 0 Å². The minimum absolute atomic E-state index is 0.0764. The Morgan fingerprint density at radius 1 is 1.18 bits per heavy atom. The fourth-order valence-corrected chi connectivity index (χ4v) is 2.16. The first-order valence-corrected chi connectivity index (χ1v) is 7.01. The van der Waals surface area contributed by atoms with E-state index in [-0.39, 0.29) is 18.6 Å². The molecule has 6 heteroatoms. The van der Waals surface area contributed by atoms with Crippen LogP contribution >= 0.6 is 0 Å². The highest BCUT2D eigenvalue weighted by Crippen LogP contribution is 2.12. The molecule has 3 aromatic rings. The highest BCUT2D eigenvalue weighted by molar-refractivity contribution is 5.77. The summed E-state index contributed by atoms with van der Waals surface area (Å²) in [5, 5.41) is 10.8. The first kappa shape index (κ1) is 14.1. The van der Waals surface area contributed by atoms with E-state index in [9.17, 15) is 4.79 Å². The zero-order chi connectivity index (χ0) is 15.4. The Kier molecular flexibility index (Phi) is 4.00. The fraction of sp³-hybridized carbons (Fsp3) is 0.188. The number of pyridine rings is 1. The van der Waals surface area contributed by atoms with Crippen LogP contribution in [0.2, 0.25) is 0 Å². The van der Waals surface area contributed by atoms with Crippen molar-refractivity contribution < 1.29 is 9.53 Å². The van der Waals surface area contributed by atoms with Crippen LogP contribution in [0, 0.1) is 0 Å². The molecule has 1 aromatic carbocycles. The minimum atomic E-state index is -0.205. The molecule has 1 atom stereocenters. The van der Waals surface area contributed by atoms with E-state index in [0.29, 0.717) is 11.7 Å². The van der Waals surface area contributed by atoms with Crippen molar-refractivity contribution in [2.45, 2.75) is 13.0 Å². The Morgan fingerprint density at radius 2 is 1.95 bits per heavy atom. The van der Waals surface area contributed by atoms with Gasteiger partial charge in [-0.25, -0.2) is 0 Å². The second kappa shape index (κ2) is 6.26. The SMILES string of the molecule is C[C@H](NC(=O)COc1nnc2ccccn12)c1ccccc1. The molecule has 0 bridgehead atoms. The standard InChI is InChI=1S/C16H16N4O2/c1-12(13-7-3-2-4-8-13)17-15(21)11-22-16-19-18-14-9-5-6-10-20(14)16/h2-10,12H,11H2,1H3,(H,17,21)/t12-/m0/s1. The van der Waals surface area contributed by atoms with E-state index in [1.165, 1.54) is 0 Å². The molecule has 22 heavy (non-hydrogen) atoms. The number of rotatable bonds is 5. The zero-order valence-electron chi connectivity index (χ0n) is 12.1. The molecule has 0 radical (unpaired) electrons. The predicted octanol–water partition coefficient (Wildman–Crippen LogP) is 1.99. The van der Waals surface area contributed by atoms with Crippen LogP contribution in [0.4, 0.5) is 0 Å². The lowest BCUT2D eigenvalue weighted by Crippen LogP contribution is -2.31. The van der Waals surface area contributed by atoms with E-state index in [4.69, 9.17) is 4.74 Å². The summed E-state index contributed by atoms with van der Waals surface area (Å²) in [4.78, 5) is 12.0. The molecule has 2 heterocycles. The molecular weight excluding hydrogens is 280 g/mol. The maximum Gasteiger partial charge on any atom is 0.322 e. The van der Waals surface area contributed by atoms with Crippen LogP contribution in [0.3, 0.4) is 0 Å². The lowest BCUT2D eigenvalue weighted by Gasteiger charge is -2.14. The van der Waals surface area contributed by atoms with Crippen molar-refractivity contribution in [1.82, 2.24) is 19.9 Å². The van der Waals surface area contributed by atoms with Gasteiger partial charge in [-0.05, 0) is 24.6 Å². The maximum atomic E-state index is 12.0. The van der Waals surface area contributed by atoms with Gasteiger partial charge in [-0.3, -0.25) is 9.20 Å². The monoisotopic (exact) mass is 296 g/mol. The second-order valence-electron chi connectivity index (χ2n) is 4.90. The van der Waals surface area contributed by atoms with Crippen molar-refractivity contribution in [3.63, 3.8) is 0 Å². The van der Waals surface area contributed by atoms with Gasteiger partial charge in [0.15, 0.2) is 12.3 Å². The Balaban J connectivity index is 1.58. The Morgan fingerprint density at radius 3 is 2.77 bits per heavy atom. The summed E-state index contributed by atoms with van der Waals surface area (Å²) in [7, 11) is 0. The highest BCUT2D eigenvalue weighted by Gasteiger charge is 2.12. The molecule has 1 amide bonds. The molecule has 0 aliphatic rings. The molecule has 112 valence electrons. The van der Waals surface area contributed by atoms with Gasteiger partial charge in [-0.2, -0.15) is 0 Å². The van der Waals surface area contributed by atoms with Gasteiger partial charge in [0.05, 0.1) is 6.04 Å². The van der Waals surface area contributed by atoms with Crippen molar-refractivity contribution in [3.05, 3.63) is 60.3 Å². The normalized spacial score (nSPS) is 12.0. The van der Waals surface area contributed by atoms with Crippen molar-refractivity contribution in [2.24, 2.45) is 0 Å². The number of amides is 1. The first-order valence-electron chi connectivity index (χ1n) is 7.01. The average Bonchev–Trinajstić information content (AvgIpc) is 2.97. The van der Waals surface area contributed by atoms with Crippen LogP contribution in [-0.2, 0) is 4.79 Å². The van der Waals surface area contributed by atoms with Crippen LogP contribution < -0.4 is 10.1 Å². The fourth-order valence-electron chi connectivity index (χ4n) is 2.16. The lowest BCUT2D eigenvalue weighted by atomic mass is 10.1. The van der Waals surface area contributed by atoms with E-state index < -0.39 is 0 Å². The second-order valence-corrected chi connectivity index (χ2v) is 4.90. The number of hydrogen-bond acceptors (Lipinski definition) is 4. The summed E-state index contributed by atoms with van der Waals surface area (Å²) < 4.78 is 7.12. The van der Waals surface area contributed by atoms with Crippen molar-refractivity contribution in [3.8, 4) is 6.01 Å². The molecule has 0 spiro atoms. The molecule has 3 rings (SSSR count). The van der Waals surface area contributed by atoms with Crippen LogP contribution in [0.25, 0.3) is 5.65 Å². The topological polar surface area (TPSA) is 68.5 Å². The third kappa shape index (κ3) is 3.06. The van der Waals surface area contributed by atoms with E-state index in [1.54, 1.807) is 10.6 Å². The number of nitrogens with one attached hydrogen (secondary N) is 1. The number of aromatic nitrogens is 3. The Hall–Kier alpha value is -2.89. The largest absolute Gasteiger partial charge is 0.453 e. The van der Waals surface area contributed by atoms with Gasteiger partial charge < -0.3 is 10.1 Å². The molecule has 0 saturated heterocycles. The summed E-state index contributed by atoms with van der Waals surface area (Å²) >= 11 is 0. The number of carbonyl (C=O) groups excluding carboxylic acids is 1. The molecule has 2 aromatic heterocycles. The Labute approximate surface area is 127 Å². The van der Waals surface area contributed by atoms with Gasteiger partial charge in [-0.15, -0.1) is 5.10 Å². The highest BCUT2D eigenvalue weighted by atomic mass is 16.5. The summed E-state index contributed by atoms with van der Waals surface area (Å²) in [5.74, 6) is -0.205. The molecule has 6 nitrogen and oxygen atoms in total. The number of nitrogens with zero attached hydrogens (tertiary/aromatic N) is 3. The quantitative estimate of drug-likeness (QED) is 0.781. The van der Waals surface area contributed by atoms with Gasteiger partial charge >= 0.3 is 6.01 Å². The smallest absolute Gasteiger partial charge is 0.322 e. The van der Waals surface area contributed by atoms with Crippen LogP contribution in [0.15, 0.2) is 54.7 Å².